The van der Waals surface area contributed by atoms with Crippen LogP contribution in [-0.2, 0) is 19.2 Å². The Morgan fingerprint density at radius 1 is 1.16 bits per heavy atom. The fourth-order valence-electron chi connectivity index (χ4n) is 1.79. The molecule has 0 bridgehead atoms. The Kier molecular flexibility index (Phi) is 7.76. The summed E-state index contributed by atoms with van der Waals surface area (Å²) in [6.07, 6.45) is 0. The maximum Gasteiger partial charge on any atom is 0.323 e. The number of aliphatic carboxylic acids is 1. The number of nitrogens with one attached hydrogen (secondary N) is 1. The number of carboxylic acids is 1. The maximum atomic E-state index is 12.4. The second-order valence-electron chi connectivity index (χ2n) is 4.83. The highest BCUT2D eigenvalue weighted by molar-refractivity contribution is 7.82. The molecular weight excluding hydrogens is 350 g/mol. The van der Waals surface area contributed by atoms with Crippen molar-refractivity contribution in [2.45, 2.75) is 5.25 Å². The highest BCUT2D eigenvalue weighted by Gasteiger charge is 2.33. The highest BCUT2D eigenvalue weighted by Crippen LogP contribution is 2.11. The molecule has 0 fully saturated rings. The van der Waals surface area contributed by atoms with E-state index in [1.165, 1.54) is 12.1 Å². The van der Waals surface area contributed by atoms with E-state index in [1.807, 2.05) is 0 Å². The van der Waals surface area contributed by atoms with Crippen LogP contribution in [0.1, 0.15) is 10.4 Å². The summed E-state index contributed by atoms with van der Waals surface area (Å²) in [7, 11) is 0. The van der Waals surface area contributed by atoms with Crippen molar-refractivity contribution in [1.82, 2.24) is 10.2 Å². The molecule has 0 saturated heterocycles. The summed E-state index contributed by atoms with van der Waals surface area (Å²) >= 11 is 3.92. The number of amides is 3. The second-order valence-corrected chi connectivity index (χ2v) is 5.34. The van der Waals surface area contributed by atoms with E-state index in [9.17, 15) is 24.0 Å². The average molecular weight is 367 g/mol. The van der Waals surface area contributed by atoms with Gasteiger partial charge in [0.25, 0.3) is 5.91 Å². The van der Waals surface area contributed by atoms with Gasteiger partial charge in [0.1, 0.15) is 11.8 Å². The van der Waals surface area contributed by atoms with Gasteiger partial charge in [-0.25, -0.2) is 0 Å². The molecule has 1 aromatic rings. The Labute approximate surface area is 148 Å². The van der Waals surface area contributed by atoms with Crippen molar-refractivity contribution >= 4 is 42.1 Å². The third-order valence-electron chi connectivity index (χ3n) is 3.02. The molecule has 134 valence electrons. The van der Waals surface area contributed by atoms with E-state index in [2.05, 4.69) is 17.9 Å². The van der Waals surface area contributed by atoms with Crippen LogP contribution in [-0.4, -0.2) is 64.4 Å². The zero-order valence-corrected chi connectivity index (χ0v) is 13.9. The summed E-state index contributed by atoms with van der Waals surface area (Å²) in [4.78, 5) is 59.0. The lowest BCUT2D eigenvalue weighted by Gasteiger charge is -2.21. The monoisotopic (exact) mass is 367 g/mol. The van der Waals surface area contributed by atoms with Crippen molar-refractivity contribution in [3.63, 3.8) is 0 Å². The Morgan fingerprint density at radius 2 is 1.76 bits per heavy atom. The Balaban J connectivity index is 2.91. The number of carbonyl (C=O) groups excluding carboxylic acids is 4. The zero-order chi connectivity index (χ0) is 19.0. The number of rotatable bonds is 8. The highest BCUT2D eigenvalue weighted by atomic mass is 32.1. The molecule has 1 atom stereocenters. The van der Waals surface area contributed by atoms with E-state index in [4.69, 9.17) is 10.8 Å². The maximum absolute atomic E-state index is 12.4. The van der Waals surface area contributed by atoms with E-state index in [0.29, 0.717) is 4.90 Å². The lowest BCUT2D eigenvalue weighted by molar-refractivity contribution is -0.151. The molecule has 0 aliphatic carbocycles. The number of benzene rings is 1. The SMILES string of the molecule is NCC(=O)NCC(=O)N(CC(=O)O)C(=O)C(S)C(=O)c1ccccc1. The Hall–Kier alpha value is -2.72. The normalized spacial score (nSPS) is 11.3. The van der Waals surface area contributed by atoms with Gasteiger partial charge in [0.05, 0.1) is 13.1 Å². The van der Waals surface area contributed by atoms with Gasteiger partial charge in [-0.2, -0.15) is 12.6 Å². The van der Waals surface area contributed by atoms with Crippen LogP contribution in [0, 0.1) is 0 Å². The molecular formula is C15H17N3O6S. The average Bonchev–Trinajstić information content (AvgIpc) is 2.62. The van der Waals surface area contributed by atoms with Crippen molar-refractivity contribution in [3.8, 4) is 0 Å². The van der Waals surface area contributed by atoms with Crippen LogP contribution >= 0.6 is 12.6 Å². The molecule has 0 aromatic heterocycles. The van der Waals surface area contributed by atoms with Crippen molar-refractivity contribution in [2.24, 2.45) is 5.73 Å². The summed E-state index contributed by atoms with van der Waals surface area (Å²) in [6.45, 7) is -1.97. The number of ketones is 1. The second kappa shape index (κ2) is 9.55. The quantitative estimate of drug-likeness (QED) is 0.253. The number of nitrogens with two attached hydrogens (primary N) is 1. The van der Waals surface area contributed by atoms with Crippen LogP contribution < -0.4 is 11.1 Å². The van der Waals surface area contributed by atoms with Gasteiger partial charge >= 0.3 is 5.97 Å². The van der Waals surface area contributed by atoms with Gasteiger partial charge in [0.2, 0.25) is 11.8 Å². The van der Waals surface area contributed by atoms with Gasteiger partial charge in [-0.05, 0) is 0 Å². The molecule has 1 unspecified atom stereocenters. The predicted octanol–water partition coefficient (Wildman–Crippen LogP) is -1.32. The van der Waals surface area contributed by atoms with Crippen LogP contribution in [0.3, 0.4) is 0 Å². The third-order valence-corrected chi connectivity index (χ3v) is 3.48. The summed E-state index contributed by atoms with van der Waals surface area (Å²) < 4.78 is 0. The van der Waals surface area contributed by atoms with Crippen molar-refractivity contribution in [2.75, 3.05) is 19.6 Å². The van der Waals surface area contributed by atoms with Gasteiger partial charge < -0.3 is 16.2 Å². The topological polar surface area (TPSA) is 147 Å². The number of carboxylic acid groups (broad SMARTS) is 1. The van der Waals surface area contributed by atoms with Crippen molar-refractivity contribution in [3.05, 3.63) is 35.9 Å². The molecule has 10 heteroatoms. The first-order chi connectivity index (χ1) is 11.8. The molecule has 3 amide bonds. The van der Waals surface area contributed by atoms with Gasteiger partial charge in [-0.1, -0.05) is 30.3 Å². The molecule has 0 aliphatic heterocycles. The van der Waals surface area contributed by atoms with Crippen LogP contribution in [0.4, 0.5) is 0 Å². The molecule has 0 radical (unpaired) electrons. The molecule has 1 rings (SSSR count). The smallest absolute Gasteiger partial charge is 0.323 e. The first-order valence-corrected chi connectivity index (χ1v) is 7.59. The molecule has 4 N–H and O–H groups in total. The van der Waals surface area contributed by atoms with Gasteiger partial charge in [0.15, 0.2) is 5.78 Å². The number of nitrogens with zero attached hydrogens (tertiary/aromatic N) is 1. The summed E-state index contributed by atoms with van der Waals surface area (Å²) in [6, 6.07) is 7.77. The van der Waals surface area contributed by atoms with Crippen LogP contribution in [0.15, 0.2) is 30.3 Å². The van der Waals surface area contributed by atoms with E-state index in [-0.39, 0.29) is 12.1 Å². The summed E-state index contributed by atoms with van der Waals surface area (Å²) in [5, 5.41) is 9.45. The minimum absolute atomic E-state index is 0.190. The number of Topliss-reactive ketones (excluding diaryl/α,β-unsaturated/α-hetero) is 1. The summed E-state index contributed by atoms with van der Waals surface area (Å²) in [5.41, 5.74) is 5.26. The minimum atomic E-state index is -1.56. The molecule has 0 aliphatic rings. The first kappa shape index (κ1) is 20.3. The van der Waals surface area contributed by atoms with Crippen LogP contribution in [0.2, 0.25) is 0 Å². The van der Waals surface area contributed by atoms with Crippen LogP contribution in [0.25, 0.3) is 0 Å². The standard InChI is InChI=1S/C15H17N3O6S/c16-6-10(19)17-7-11(20)18(8-12(21)22)15(24)14(25)13(23)9-4-2-1-3-5-9/h1-5,14,25H,6-8,16H2,(H,17,19)(H,21,22). The van der Waals surface area contributed by atoms with E-state index < -0.39 is 47.8 Å². The first-order valence-electron chi connectivity index (χ1n) is 7.08. The van der Waals surface area contributed by atoms with Crippen molar-refractivity contribution in [1.29, 1.82) is 0 Å². The van der Waals surface area contributed by atoms with Gasteiger partial charge in [-0.3, -0.25) is 28.9 Å². The fraction of sp³-hybridized carbons (Fsp3) is 0.267. The van der Waals surface area contributed by atoms with Gasteiger partial charge in [0, 0.05) is 5.56 Å². The Bertz CT molecular complexity index is 679. The number of hydrogen-bond donors (Lipinski definition) is 4. The van der Waals surface area contributed by atoms with Crippen LogP contribution in [0.5, 0.6) is 0 Å². The number of hydrogen-bond acceptors (Lipinski definition) is 7. The minimum Gasteiger partial charge on any atom is -0.480 e. The van der Waals surface area contributed by atoms with Gasteiger partial charge in [-0.15, -0.1) is 0 Å². The number of imide groups is 1. The van der Waals surface area contributed by atoms with E-state index in [1.54, 1.807) is 18.2 Å². The zero-order valence-electron chi connectivity index (χ0n) is 13.0. The molecule has 0 saturated carbocycles. The van der Waals surface area contributed by atoms with Crippen molar-refractivity contribution < 1.29 is 29.1 Å². The molecule has 9 nitrogen and oxygen atoms in total. The lowest BCUT2D eigenvalue weighted by atomic mass is 10.1. The summed E-state index contributed by atoms with van der Waals surface area (Å²) in [5.74, 6) is -4.87. The molecule has 0 spiro atoms. The predicted molar refractivity (Wildman–Crippen MR) is 90.0 cm³/mol. The fourth-order valence-corrected chi connectivity index (χ4v) is 2.07. The number of carbonyl (C=O) groups is 5. The number of thiol groups is 1. The Morgan fingerprint density at radius 3 is 2.28 bits per heavy atom. The third kappa shape index (κ3) is 6.01. The van der Waals surface area contributed by atoms with E-state index >= 15 is 0 Å². The molecule has 0 heterocycles. The molecule has 25 heavy (non-hydrogen) atoms. The van der Waals surface area contributed by atoms with E-state index in [0.717, 1.165) is 0 Å². The lowest BCUT2D eigenvalue weighted by Crippen LogP contribution is -2.50. The largest absolute Gasteiger partial charge is 0.480 e. The molecule has 1 aromatic carbocycles.